The van der Waals surface area contributed by atoms with Crippen LogP contribution in [0.3, 0.4) is 0 Å². The van der Waals surface area contributed by atoms with Gasteiger partial charge in [0.2, 0.25) is 0 Å². The fourth-order valence-electron chi connectivity index (χ4n) is 0.966. The number of hydrogen-bond acceptors (Lipinski definition) is 1. The summed E-state index contributed by atoms with van der Waals surface area (Å²) >= 11 is 0. The minimum Gasteiger partial charge on any atom is -0.491 e. The number of ether oxygens (including phenoxy) is 1. The van der Waals surface area contributed by atoms with Crippen molar-refractivity contribution in [1.82, 2.24) is 0 Å². The molecule has 0 unspecified atom stereocenters. The predicted molar refractivity (Wildman–Crippen MR) is 51.4 cm³/mol. The molecule has 1 aromatic rings. The van der Waals surface area contributed by atoms with Crippen LogP contribution in [0.5, 0.6) is 5.75 Å². The van der Waals surface area contributed by atoms with Crippen LogP contribution in [-0.2, 0) is 0 Å². The molecule has 1 rings (SSSR count). The standard InChI is InChI=1S/C11H15FO/c1-9(2)7-8-13-11-6-4-3-5-10(11)12/h3-6,9H,7-8H2,1-2H3. The van der Waals surface area contributed by atoms with Gasteiger partial charge < -0.3 is 4.74 Å². The van der Waals surface area contributed by atoms with Crippen LogP contribution in [0.15, 0.2) is 24.3 Å². The van der Waals surface area contributed by atoms with E-state index >= 15 is 0 Å². The zero-order valence-corrected chi connectivity index (χ0v) is 8.09. The Balaban J connectivity index is 2.41. The van der Waals surface area contributed by atoms with Crippen LogP contribution in [0.4, 0.5) is 4.39 Å². The second kappa shape index (κ2) is 4.85. The van der Waals surface area contributed by atoms with Gasteiger partial charge in [0, 0.05) is 0 Å². The van der Waals surface area contributed by atoms with Crippen LogP contribution in [0.1, 0.15) is 20.3 Å². The molecule has 0 N–H and O–H groups in total. The quantitative estimate of drug-likeness (QED) is 0.694. The van der Waals surface area contributed by atoms with E-state index in [2.05, 4.69) is 13.8 Å². The van der Waals surface area contributed by atoms with Crippen LogP contribution in [-0.4, -0.2) is 6.61 Å². The first-order valence-corrected chi connectivity index (χ1v) is 4.57. The lowest BCUT2D eigenvalue weighted by Gasteiger charge is -2.08. The van der Waals surface area contributed by atoms with Crippen molar-refractivity contribution in [3.63, 3.8) is 0 Å². The van der Waals surface area contributed by atoms with Crippen molar-refractivity contribution in [3.05, 3.63) is 30.1 Å². The van der Waals surface area contributed by atoms with Gasteiger partial charge in [-0.05, 0) is 24.5 Å². The Hall–Kier alpha value is -1.05. The Morgan fingerprint density at radius 3 is 2.62 bits per heavy atom. The van der Waals surface area contributed by atoms with Gasteiger partial charge in [-0.25, -0.2) is 4.39 Å². The molecule has 0 bridgehead atoms. The average Bonchev–Trinajstić information content (AvgIpc) is 2.08. The van der Waals surface area contributed by atoms with Gasteiger partial charge >= 0.3 is 0 Å². The van der Waals surface area contributed by atoms with Crippen molar-refractivity contribution >= 4 is 0 Å². The van der Waals surface area contributed by atoms with Gasteiger partial charge in [-0.3, -0.25) is 0 Å². The number of rotatable bonds is 4. The minimum absolute atomic E-state index is 0.286. The summed E-state index contributed by atoms with van der Waals surface area (Å²) in [6.07, 6.45) is 0.953. The van der Waals surface area contributed by atoms with Gasteiger partial charge in [-0.2, -0.15) is 0 Å². The number of halogens is 1. The summed E-state index contributed by atoms with van der Waals surface area (Å²) in [4.78, 5) is 0. The molecule has 1 nitrogen and oxygen atoms in total. The van der Waals surface area contributed by atoms with Gasteiger partial charge in [0.1, 0.15) is 0 Å². The maximum Gasteiger partial charge on any atom is 0.165 e. The molecule has 0 saturated heterocycles. The molecule has 0 radical (unpaired) electrons. The van der Waals surface area contributed by atoms with E-state index in [1.165, 1.54) is 6.07 Å². The third-order valence-corrected chi connectivity index (χ3v) is 1.79. The Morgan fingerprint density at radius 1 is 1.31 bits per heavy atom. The predicted octanol–water partition coefficient (Wildman–Crippen LogP) is 3.25. The first kappa shape index (κ1) is 10.0. The molecular weight excluding hydrogens is 167 g/mol. The first-order chi connectivity index (χ1) is 6.20. The maximum absolute atomic E-state index is 13.0. The number of para-hydroxylation sites is 1. The summed E-state index contributed by atoms with van der Waals surface area (Å²) in [7, 11) is 0. The fourth-order valence-corrected chi connectivity index (χ4v) is 0.966. The van der Waals surface area contributed by atoms with Crippen molar-refractivity contribution in [2.24, 2.45) is 5.92 Å². The molecule has 0 aliphatic heterocycles. The van der Waals surface area contributed by atoms with E-state index in [-0.39, 0.29) is 5.82 Å². The number of hydrogen-bond donors (Lipinski definition) is 0. The van der Waals surface area contributed by atoms with E-state index in [9.17, 15) is 4.39 Å². The third kappa shape index (κ3) is 3.45. The van der Waals surface area contributed by atoms with E-state index in [0.717, 1.165) is 6.42 Å². The zero-order valence-electron chi connectivity index (χ0n) is 8.09. The van der Waals surface area contributed by atoms with Crippen molar-refractivity contribution in [1.29, 1.82) is 0 Å². The lowest BCUT2D eigenvalue weighted by Crippen LogP contribution is -2.02. The Bertz CT molecular complexity index is 258. The molecular formula is C11H15FO. The summed E-state index contributed by atoms with van der Waals surface area (Å²) in [6.45, 7) is 4.81. The van der Waals surface area contributed by atoms with E-state index < -0.39 is 0 Å². The fraction of sp³-hybridized carbons (Fsp3) is 0.455. The molecule has 0 atom stereocenters. The highest BCUT2D eigenvalue weighted by Gasteiger charge is 2.01. The lowest BCUT2D eigenvalue weighted by molar-refractivity contribution is 0.277. The van der Waals surface area contributed by atoms with Crippen molar-refractivity contribution in [2.45, 2.75) is 20.3 Å². The second-order valence-corrected chi connectivity index (χ2v) is 3.46. The van der Waals surface area contributed by atoms with Crippen LogP contribution in [0.2, 0.25) is 0 Å². The van der Waals surface area contributed by atoms with Gasteiger partial charge in [0.15, 0.2) is 11.6 Å². The average molecular weight is 182 g/mol. The summed E-state index contributed by atoms with van der Waals surface area (Å²) in [5.41, 5.74) is 0. The smallest absolute Gasteiger partial charge is 0.165 e. The van der Waals surface area contributed by atoms with E-state index in [0.29, 0.717) is 18.3 Å². The molecule has 72 valence electrons. The van der Waals surface area contributed by atoms with E-state index in [1.807, 2.05) is 0 Å². The zero-order chi connectivity index (χ0) is 9.68. The Labute approximate surface area is 78.5 Å². The Morgan fingerprint density at radius 2 is 2.00 bits per heavy atom. The van der Waals surface area contributed by atoms with Gasteiger partial charge in [-0.15, -0.1) is 0 Å². The van der Waals surface area contributed by atoms with Crippen LogP contribution in [0, 0.1) is 11.7 Å². The highest BCUT2D eigenvalue weighted by atomic mass is 19.1. The summed E-state index contributed by atoms with van der Waals surface area (Å²) < 4.78 is 18.3. The van der Waals surface area contributed by atoms with Gasteiger partial charge in [0.05, 0.1) is 6.61 Å². The lowest BCUT2D eigenvalue weighted by atomic mass is 10.1. The largest absolute Gasteiger partial charge is 0.491 e. The third-order valence-electron chi connectivity index (χ3n) is 1.79. The molecule has 2 heteroatoms. The summed E-state index contributed by atoms with van der Waals surface area (Å²) in [5, 5.41) is 0. The summed E-state index contributed by atoms with van der Waals surface area (Å²) in [6, 6.07) is 6.48. The van der Waals surface area contributed by atoms with E-state index in [4.69, 9.17) is 4.74 Å². The van der Waals surface area contributed by atoms with Crippen molar-refractivity contribution in [3.8, 4) is 5.75 Å². The normalized spacial score (nSPS) is 10.5. The van der Waals surface area contributed by atoms with Crippen molar-refractivity contribution < 1.29 is 9.13 Å². The van der Waals surface area contributed by atoms with Gasteiger partial charge in [0.25, 0.3) is 0 Å². The minimum atomic E-state index is -0.286. The van der Waals surface area contributed by atoms with E-state index in [1.54, 1.807) is 18.2 Å². The van der Waals surface area contributed by atoms with Crippen molar-refractivity contribution in [2.75, 3.05) is 6.61 Å². The Kier molecular flexibility index (Phi) is 3.74. The molecule has 13 heavy (non-hydrogen) atoms. The molecule has 0 aliphatic carbocycles. The van der Waals surface area contributed by atoms with Gasteiger partial charge in [-0.1, -0.05) is 26.0 Å². The molecule has 0 aliphatic rings. The highest BCUT2D eigenvalue weighted by Crippen LogP contribution is 2.15. The summed E-state index contributed by atoms with van der Waals surface area (Å²) in [5.74, 6) is 0.654. The molecule has 0 saturated carbocycles. The highest BCUT2D eigenvalue weighted by molar-refractivity contribution is 5.23. The monoisotopic (exact) mass is 182 g/mol. The molecule has 0 heterocycles. The SMILES string of the molecule is CC(C)CCOc1ccccc1F. The molecule has 0 amide bonds. The first-order valence-electron chi connectivity index (χ1n) is 4.57. The maximum atomic E-state index is 13.0. The molecule has 0 aromatic heterocycles. The topological polar surface area (TPSA) is 9.23 Å². The second-order valence-electron chi connectivity index (χ2n) is 3.46. The van der Waals surface area contributed by atoms with Crippen LogP contribution in [0.25, 0.3) is 0 Å². The van der Waals surface area contributed by atoms with Crippen LogP contribution >= 0.6 is 0 Å². The number of benzene rings is 1. The molecule has 0 spiro atoms. The molecule has 0 fully saturated rings. The van der Waals surface area contributed by atoms with Crippen LogP contribution < -0.4 is 4.74 Å². The molecule has 1 aromatic carbocycles.